The first-order valence-electron chi connectivity index (χ1n) is 11.1. The summed E-state index contributed by atoms with van der Waals surface area (Å²) in [5, 5.41) is 8.54. The predicted molar refractivity (Wildman–Crippen MR) is 131 cm³/mol. The highest BCUT2D eigenvalue weighted by atomic mass is 16.2. The molecule has 0 fully saturated rings. The Morgan fingerprint density at radius 1 is 0.788 bits per heavy atom. The number of carbonyl (C=O) groups is 3. The third-order valence-electron chi connectivity index (χ3n) is 5.18. The highest BCUT2D eigenvalue weighted by molar-refractivity contribution is 6.09. The predicted octanol–water partition coefficient (Wildman–Crippen LogP) is 5.31. The van der Waals surface area contributed by atoms with Crippen LogP contribution in [0.15, 0.2) is 72.8 Å². The van der Waals surface area contributed by atoms with E-state index in [2.05, 4.69) is 16.0 Å². The van der Waals surface area contributed by atoms with E-state index in [0.717, 1.165) is 24.0 Å². The van der Waals surface area contributed by atoms with Gasteiger partial charge >= 0.3 is 0 Å². The van der Waals surface area contributed by atoms with Crippen LogP contribution in [0.4, 0.5) is 11.4 Å². The first-order valence-corrected chi connectivity index (χ1v) is 11.1. The van der Waals surface area contributed by atoms with E-state index in [0.29, 0.717) is 35.5 Å². The Morgan fingerprint density at radius 3 is 2.18 bits per heavy atom. The summed E-state index contributed by atoms with van der Waals surface area (Å²) in [6, 6.07) is 21.5. The van der Waals surface area contributed by atoms with Crippen LogP contribution in [0.5, 0.6) is 0 Å². The Labute approximate surface area is 194 Å². The van der Waals surface area contributed by atoms with Crippen molar-refractivity contribution >= 4 is 29.1 Å². The fraction of sp³-hybridized carbons (Fsp3) is 0.222. The summed E-state index contributed by atoms with van der Waals surface area (Å²) in [6.07, 6.45) is 2.27. The van der Waals surface area contributed by atoms with E-state index in [9.17, 15) is 14.4 Å². The maximum absolute atomic E-state index is 12.7. The van der Waals surface area contributed by atoms with Crippen LogP contribution in [-0.4, -0.2) is 17.7 Å². The molecular formula is C27H29N3O3. The van der Waals surface area contributed by atoms with Gasteiger partial charge in [0.2, 0.25) is 5.91 Å². The van der Waals surface area contributed by atoms with Crippen LogP contribution in [0, 0.1) is 6.92 Å². The molecule has 3 aromatic carbocycles. The molecule has 0 aliphatic carbocycles. The fourth-order valence-electron chi connectivity index (χ4n) is 3.23. The van der Waals surface area contributed by atoms with Gasteiger partial charge in [0.1, 0.15) is 0 Å². The molecule has 3 N–H and O–H groups in total. The second-order valence-electron chi connectivity index (χ2n) is 7.90. The molecule has 0 heterocycles. The highest BCUT2D eigenvalue weighted by Gasteiger charge is 2.14. The normalized spacial score (nSPS) is 10.4. The van der Waals surface area contributed by atoms with Crippen molar-refractivity contribution in [2.45, 2.75) is 39.7 Å². The summed E-state index contributed by atoms with van der Waals surface area (Å²) in [5.74, 6) is -0.645. The number of nitrogens with one attached hydrogen (secondary N) is 3. The molecule has 0 atom stereocenters. The largest absolute Gasteiger partial charge is 0.348 e. The number of benzene rings is 3. The molecule has 0 aliphatic rings. The smallest absolute Gasteiger partial charge is 0.255 e. The quantitative estimate of drug-likeness (QED) is 0.419. The van der Waals surface area contributed by atoms with E-state index in [1.54, 1.807) is 48.5 Å². The zero-order valence-corrected chi connectivity index (χ0v) is 19.0. The molecule has 0 aromatic heterocycles. The zero-order valence-electron chi connectivity index (χ0n) is 19.0. The molecular weight excluding hydrogens is 414 g/mol. The van der Waals surface area contributed by atoms with Crippen LogP contribution < -0.4 is 16.0 Å². The van der Waals surface area contributed by atoms with Crippen LogP contribution in [0.3, 0.4) is 0 Å². The van der Waals surface area contributed by atoms with Gasteiger partial charge in [0.25, 0.3) is 11.8 Å². The number of rotatable bonds is 9. The molecule has 0 saturated carbocycles. The van der Waals surface area contributed by atoms with Gasteiger partial charge in [0, 0.05) is 24.2 Å². The number of anilines is 2. The number of carbonyl (C=O) groups excluding carboxylic acids is 3. The fourth-order valence-corrected chi connectivity index (χ4v) is 3.23. The molecule has 3 aromatic rings. The molecule has 0 spiro atoms. The molecule has 3 amide bonds. The van der Waals surface area contributed by atoms with Crippen molar-refractivity contribution in [3.05, 3.63) is 95.1 Å². The Hall–Kier alpha value is -3.93. The van der Waals surface area contributed by atoms with Crippen LogP contribution in [0.1, 0.15) is 58.0 Å². The monoisotopic (exact) mass is 443 g/mol. The number of unbranched alkanes of at least 4 members (excludes halogenated alkanes) is 1. The maximum Gasteiger partial charge on any atom is 0.255 e. The van der Waals surface area contributed by atoms with E-state index in [1.807, 2.05) is 38.1 Å². The zero-order chi connectivity index (χ0) is 23.6. The summed E-state index contributed by atoms with van der Waals surface area (Å²) < 4.78 is 0. The van der Waals surface area contributed by atoms with Gasteiger partial charge in [-0.3, -0.25) is 14.4 Å². The molecule has 0 radical (unpaired) electrons. The minimum atomic E-state index is -0.336. The van der Waals surface area contributed by atoms with Crippen molar-refractivity contribution in [3.8, 4) is 0 Å². The lowest BCUT2D eigenvalue weighted by atomic mass is 10.1. The molecule has 6 heteroatoms. The molecule has 170 valence electrons. The van der Waals surface area contributed by atoms with Gasteiger partial charge in [-0.1, -0.05) is 55.3 Å². The summed E-state index contributed by atoms with van der Waals surface area (Å²) in [7, 11) is 0. The Morgan fingerprint density at radius 2 is 1.48 bits per heavy atom. The van der Waals surface area contributed by atoms with E-state index in [1.165, 1.54) is 0 Å². The van der Waals surface area contributed by atoms with Gasteiger partial charge in [-0.25, -0.2) is 0 Å². The van der Waals surface area contributed by atoms with Gasteiger partial charge in [-0.2, -0.15) is 0 Å². The number of hydrogen-bond acceptors (Lipinski definition) is 3. The van der Waals surface area contributed by atoms with E-state index in [-0.39, 0.29) is 17.7 Å². The van der Waals surface area contributed by atoms with Crippen LogP contribution in [0.25, 0.3) is 0 Å². The summed E-state index contributed by atoms with van der Waals surface area (Å²) in [5.41, 5.74) is 4.04. The van der Waals surface area contributed by atoms with Crippen LogP contribution >= 0.6 is 0 Å². The molecule has 0 aliphatic heterocycles. The van der Waals surface area contributed by atoms with E-state index in [4.69, 9.17) is 0 Å². The third-order valence-corrected chi connectivity index (χ3v) is 5.18. The van der Waals surface area contributed by atoms with Crippen molar-refractivity contribution in [1.82, 2.24) is 5.32 Å². The van der Waals surface area contributed by atoms with Gasteiger partial charge in [0.05, 0.1) is 11.3 Å². The Bertz CT molecular complexity index is 1110. The van der Waals surface area contributed by atoms with E-state index < -0.39 is 0 Å². The Balaban J connectivity index is 1.62. The average Bonchev–Trinajstić information content (AvgIpc) is 2.83. The molecule has 3 rings (SSSR count). The van der Waals surface area contributed by atoms with Crippen molar-refractivity contribution < 1.29 is 14.4 Å². The molecule has 0 saturated heterocycles. The summed E-state index contributed by atoms with van der Waals surface area (Å²) in [6.45, 7) is 4.44. The van der Waals surface area contributed by atoms with E-state index >= 15 is 0 Å². The van der Waals surface area contributed by atoms with Gasteiger partial charge in [-0.15, -0.1) is 0 Å². The Kier molecular flexibility index (Phi) is 8.36. The number of hydrogen-bond donors (Lipinski definition) is 3. The molecule has 0 unspecified atom stereocenters. The van der Waals surface area contributed by atoms with Crippen molar-refractivity contribution in [2.24, 2.45) is 0 Å². The van der Waals surface area contributed by atoms with Gasteiger partial charge < -0.3 is 16.0 Å². The lowest BCUT2D eigenvalue weighted by Crippen LogP contribution is -2.24. The number of amides is 3. The first-order chi connectivity index (χ1) is 16.0. The second kappa shape index (κ2) is 11.6. The van der Waals surface area contributed by atoms with Gasteiger partial charge in [-0.05, 0) is 55.3 Å². The number of aryl methyl sites for hydroxylation is 1. The highest BCUT2D eigenvalue weighted by Crippen LogP contribution is 2.18. The third kappa shape index (κ3) is 7.04. The van der Waals surface area contributed by atoms with Crippen molar-refractivity contribution in [1.29, 1.82) is 0 Å². The lowest BCUT2D eigenvalue weighted by Gasteiger charge is -2.12. The van der Waals surface area contributed by atoms with Gasteiger partial charge in [0.15, 0.2) is 0 Å². The minimum Gasteiger partial charge on any atom is -0.348 e. The molecule has 6 nitrogen and oxygen atoms in total. The topological polar surface area (TPSA) is 87.3 Å². The number of para-hydroxylation sites is 1. The minimum absolute atomic E-state index is 0.0420. The van der Waals surface area contributed by atoms with Crippen molar-refractivity contribution in [3.63, 3.8) is 0 Å². The molecule has 33 heavy (non-hydrogen) atoms. The maximum atomic E-state index is 12.7. The average molecular weight is 444 g/mol. The summed E-state index contributed by atoms with van der Waals surface area (Å²) in [4.78, 5) is 37.4. The second-order valence-corrected chi connectivity index (χ2v) is 7.90. The summed E-state index contributed by atoms with van der Waals surface area (Å²) >= 11 is 0. The SMILES string of the molecule is CCCCC(=O)Nc1ccc(C(=O)Nc2ccccc2C(=O)NCc2ccc(C)cc2)cc1. The molecule has 0 bridgehead atoms. The first kappa shape index (κ1) is 23.7. The van der Waals surface area contributed by atoms with Crippen LogP contribution in [0.2, 0.25) is 0 Å². The standard InChI is InChI=1S/C27H29N3O3/c1-3-4-9-25(31)29-22-16-14-21(15-17-22)26(32)30-24-8-6-5-7-23(24)27(33)28-18-20-12-10-19(2)11-13-20/h5-8,10-17H,3-4,9,18H2,1-2H3,(H,28,33)(H,29,31)(H,30,32). The van der Waals surface area contributed by atoms with Crippen molar-refractivity contribution in [2.75, 3.05) is 10.6 Å². The van der Waals surface area contributed by atoms with Crippen LogP contribution in [-0.2, 0) is 11.3 Å². The lowest BCUT2D eigenvalue weighted by molar-refractivity contribution is -0.116.